The molecule has 116 valence electrons. The van der Waals surface area contributed by atoms with Crippen LogP contribution in [0.1, 0.15) is 30.1 Å². The Morgan fingerprint density at radius 1 is 1.52 bits per heavy atom. The summed E-state index contributed by atoms with van der Waals surface area (Å²) >= 11 is 0. The zero-order valence-electron chi connectivity index (χ0n) is 12.8. The summed E-state index contributed by atoms with van der Waals surface area (Å²) in [5.74, 6) is 0.751. The minimum absolute atomic E-state index is 0.357. The van der Waals surface area contributed by atoms with Crippen LogP contribution in [0.4, 0.5) is 11.5 Å². The number of nitrogen functional groups attached to an aromatic ring is 1. The van der Waals surface area contributed by atoms with Gasteiger partial charge in [-0.2, -0.15) is 0 Å². The van der Waals surface area contributed by atoms with Gasteiger partial charge < -0.3 is 20.7 Å². The van der Waals surface area contributed by atoms with Crippen molar-refractivity contribution in [1.29, 1.82) is 0 Å². The molecule has 6 nitrogen and oxygen atoms in total. The van der Waals surface area contributed by atoms with Crippen molar-refractivity contribution in [2.75, 3.05) is 44.3 Å². The second-order valence-electron chi connectivity index (χ2n) is 5.37. The van der Waals surface area contributed by atoms with Gasteiger partial charge in [0.05, 0.1) is 18.4 Å². The largest absolute Gasteiger partial charge is 0.465 e. The third kappa shape index (κ3) is 3.85. The number of esters is 1. The van der Waals surface area contributed by atoms with Crippen LogP contribution in [0.2, 0.25) is 0 Å². The second kappa shape index (κ2) is 7.26. The highest BCUT2D eigenvalue weighted by molar-refractivity contribution is 5.97. The second-order valence-corrected chi connectivity index (χ2v) is 5.37. The molecule has 0 spiro atoms. The maximum absolute atomic E-state index is 11.6. The lowest BCUT2D eigenvalue weighted by Gasteiger charge is -2.31. The first kappa shape index (κ1) is 15.6. The van der Waals surface area contributed by atoms with Gasteiger partial charge in [-0.1, -0.05) is 6.92 Å². The van der Waals surface area contributed by atoms with Gasteiger partial charge in [-0.05, 0) is 44.5 Å². The number of ether oxygens (including phenoxy) is 1. The van der Waals surface area contributed by atoms with E-state index in [0.717, 1.165) is 26.2 Å². The predicted octanol–water partition coefficient (Wildman–Crippen LogP) is 1.59. The Hall–Kier alpha value is -1.82. The van der Waals surface area contributed by atoms with Crippen LogP contribution in [0.3, 0.4) is 0 Å². The van der Waals surface area contributed by atoms with Crippen molar-refractivity contribution in [2.45, 2.75) is 19.8 Å². The summed E-state index contributed by atoms with van der Waals surface area (Å²) in [5.41, 5.74) is 6.70. The third-order valence-corrected chi connectivity index (χ3v) is 4.11. The highest BCUT2D eigenvalue weighted by Gasteiger charge is 2.19. The number of nitrogens with two attached hydrogens (primary N) is 1. The fraction of sp³-hybridized carbons (Fsp3) is 0.600. The first-order chi connectivity index (χ1) is 10.2. The van der Waals surface area contributed by atoms with Crippen molar-refractivity contribution in [3.8, 4) is 0 Å². The topological polar surface area (TPSA) is 80.5 Å². The van der Waals surface area contributed by atoms with E-state index < -0.39 is 5.97 Å². The number of hydrogen-bond acceptors (Lipinski definition) is 6. The van der Waals surface area contributed by atoms with E-state index in [1.54, 1.807) is 12.3 Å². The van der Waals surface area contributed by atoms with Crippen molar-refractivity contribution >= 4 is 17.5 Å². The van der Waals surface area contributed by atoms with Crippen molar-refractivity contribution in [3.63, 3.8) is 0 Å². The van der Waals surface area contributed by atoms with Gasteiger partial charge in [0, 0.05) is 12.7 Å². The van der Waals surface area contributed by atoms with Crippen LogP contribution >= 0.6 is 0 Å². The fourth-order valence-electron chi connectivity index (χ4n) is 2.65. The molecule has 1 aliphatic rings. The Bertz CT molecular complexity index is 485. The Balaban J connectivity index is 1.93. The Kier molecular flexibility index (Phi) is 5.38. The van der Waals surface area contributed by atoms with Gasteiger partial charge in [0.2, 0.25) is 0 Å². The number of nitrogens with one attached hydrogen (secondary N) is 1. The summed E-state index contributed by atoms with van der Waals surface area (Å²) in [5, 5.41) is 3.27. The highest BCUT2D eigenvalue weighted by atomic mass is 16.5. The van der Waals surface area contributed by atoms with Crippen molar-refractivity contribution in [1.82, 2.24) is 9.88 Å². The Morgan fingerprint density at radius 3 is 2.86 bits per heavy atom. The molecule has 6 heteroatoms. The van der Waals surface area contributed by atoms with Crippen LogP contribution < -0.4 is 11.1 Å². The first-order valence-electron chi connectivity index (χ1n) is 7.44. The van der Waals surface area contributed by atoms with Gasteiger partial charge in [0.25, 0.3) is 0 Å². The average molecular weight is 292 g/mol. The molecule has 0 unspecified atom stereocenters. The molecule has 0 saturated carbocycles. The SMILES string of the molecule is CCN1CCC(CNc2nccc(C(=O)OC)c2N)CC1. The number of pyridine rings is 1. The lowest BCUT2D eigenvalue weighted by atomic mass is 9.97. The number of anilines is 2. The molecule has 1 aromatic heterocycles. The van der Waals surface area contributed by atoms with E-state index in [9.17, 15) is 4.79 Å². The maximum Gasteiger partial charge on any atom is 0.340 e. The number of aromatic nitrogens is 1. The van der Waals surface area contributed by atoms with Crippen LogP contribution in [0, 0.1) is 5.92 Å². The molecule has 21 heavy (non-hydrogen) atoms. The summed E-state index contributed by atoms with van der Waals surface area (Å²) in [4.78, 5) is 18.3. The summed E-state index contributed by atoms with van der Waals surface area (Å²) in [6, 6.07) is 1.58. The van der Waals surface area contributed by atoms with Crippen LogP contribution in [0.15, 0.2) is 12.3 Å². The quantitative estimate of drug-likeness (QED) is 0.802. The normalized spacial score (nSPS) is 16.7. The highest BCUT2D eigenvalue weighted by Crippen LogP contribution is 2.23. The summed E-state index contributed by atoms with van der Waals surface area (Å²) in [7, 11) is 1.34. The molecule has 1 aliphatic heterocycles. The van der Waals surface area contributed by atoms with Gasteiger partial charge in [-0.15, -0.1) is 0 Å². The number of piperidine rings is 1. The number of carbonyl (C=O) groups is 1. The number of nitrogens with zero attached hydrogens (tertiary/aromatic N) is 2. The van der Waals surface area contributed by atoms with Crippen LogP contribution in [-0.2, 0) is 4.74 Å². The van der Waals surface area contributed by atoms with Gasteiger partial charge in [-0.25, -0.2) is 9.78 Å². The summed E-state index contributed by atoms with van der Waals surface area (Å²) in [6.45, 7) is 6.44. The minimum Gasteiger partial charge on any atom is -0.465 e. The molecule has 0 amide bonds. The Labute approximate surface area is 125 Å². The monoisotopic (exact) mass is 292 g/mol. The third-order valence-electron chi connectivity index (χ3n) is 4.11. The van der Waals surface area contributed by atoms with Crippen LogP contribution in [-0.4, -0.2) is 49.1 Å². The molecular weight excluding hydrogens is 268 g/mol. The van der Waals surface area contributed by atoms with Crippen molar-refractivity contribution in [3.05, 3.63) is 17.8 Å². The van der Waals surface area contributed by atoms with Gasteiger partial charge >= 0.3 is 5.97 Å². The molecule has 2 heterocycles. The molecule has 2 rings (SSSR count). The standard InChI is InChI=1S/C15H24N4O2/c1-3-19-8-5-11(6-9-19)10-18-14-13(16)12(4-7-17-14)15(20)21-2/h4,7,11H,3,5-6,8-10,16H2,1-2H3,(H,17,18). The van der Waals surface area contributed by atoms with E-state index in [1.807, 2.05) is 0 Å². The van der Waals surface area contributed by atoms with Gasteiger partial charge in [-0.3, -0.25) is 0 Å². The van der Waals surface area contributed by atoms with Crippen LogP contribution in [0.25, 0.3) is 0 Å². The van der Waals surface area contributed by atoms with Gasteiger partial charge in [0.15, 0.2) is 0 Å². The summed E-state index contributed by atoms with van der Waals surface area (Å²) in [6.07, 6.45) is 3.93. The predicted molar refractivity (Wildman–Crippen MR) is 83.3 cm³/mol. The van der Waals surface area contributed by atoms with Crippen molar-refractivity contribution < 1.29 is 9.53 Å². The molecule has 0 bridgehead atoms. The van der Waals surface area contributed by atoms with E-state index in [1.165, 1.54) is 20.0 Å². The number of rotatable bonds is 5. The number of methoxy groups -OCH3 is 1. The van der Waals surface area contributed by atoms with Gasteiger partial charge in [0.1, 0.15) is 5.82 Å². The lowest BCUT2D eigenvalue weighted by Crippen LogP contribution is -2.35. The molecule has 1 saturated heterocycles. The molecule has 1 aromatic rings. The number of likely N-dealkylation sites (tertiary alicyclic amines) is 1. The number of hydrogen-bond donors (Lipinski definition) is 2. The van der Waals surface area contributed by atoms with E-state index in [0.29, 0.717) is 23.0 Å². The minimum atomic E-state index is -0.436. The van der Waals surface area contributed by atoms with E-state index in [4.69, 9.17) is 10.5 Å². The zero-order chi connectivity index (χ0) is 15.2. The van der Waals surface area contributed by atoms with Crippen molar-refractivity contribution in [2.24, 2.45) is 5.92 Å². The molecule has 0 aliphatic carbocycles. The molecule has 0 atom stereocenters. The Morgan fingerprint density at radius 2 is 2.24 bits per heavy atom. The maximum atomic E-state index is 11.6. The fourth-order valence-corrected chi connectivity index (χ4v) is 2.65. The lowest BCUT2D eigenvalue weighted by molar-refractivity contribution is 0.0602. The van der Waals surface area contributed by atoms with Crippen LogP contribution in [0.5, 0.6) is 0 Å². The zero-order valence-corrected chi connectivity index (χ0v) is 12.8. The smallest absolute Gasteiger partial charge is 0.340 e. The molecule has 3 N–H and O–H groups in total. The average Bonchev–Trinajstić information content (AvgIpc) is 2.53. The van der Waals surface area contributed by atoms with E-state index in [-0.39, 0.29) is 0 Å². The number of carbonyl (C=O) groups excluding carboxylic acids is 1. The summed E-state index contributed by atoms with van der Waals surface area (Å²) < 4.78 is 4.71. The molecular formula is C15H24N4O2. The molecule has 0 radical (unpaired) electrons. The van der Waals surface area contributed by atoms with E-state index >= 15 is 0 Å². The molecule has 1 fully saturated rings. The van der Waals surface area contributed by atoms with E-state index in [2.05, 4.69) is 22.1 Å². The first-order valence-corrected chi connectivity index (χ1v) is 7.44. The molecule has 0 aromatic carbocycles.